The largest absolute Gasteiger partial charge is 0.330 e. The Labute approximate surface area is 76.1 Å². The highest BCUT2D eigenvalue weighted by Gasteiger charge is 2.17. The molecule has 1 fully saturated rings. The molecule has 0 aliphatic carbocycles. The monoisotopic (exact) mass is 170 g/mol. The average molecular weight is 170 g/mol. The highest BCUT2D eigenvalue weighted by atomic mass is 15.1. The van der Waals surface area contributed by atoms with E-state index in [0.717, 1.165) is 12.5 Å². The molecule has 0 saturated carbocycles. The molecule has 2 heteroatoms. The zero-order valence-electron chi connectivity index (χ0n) is 8.26. The van der Waals surface area contributed by atoms with E-state index < -0.39 is 0 Å². The van der Waals surface area contributed by atoms with Gasteiger partial charge in [-0.15, -0.1) is 0 Å². The molecule has 0 spiro atoms. The van der Waals surface area contributed by atoms with Gasteiger partial charge in [-0.05, 0) is 57.8 Å². The second-order valence-corrected chi connectivity index (χ2v) is 3.86. The summed E-state index contributed by atoms with van der Waals surface area (Å²) in [6.45, 7) is 7.02. The van der Waals surface area contributed by atoms with E-state index in [1.165, 1.54) is 45.3 Å². The van der Waals surface area contributed by atoms with Gasteiger partial charge in [-0.3, -0.25) is 0 Å². The van der Waals surface area contributed by atoms with Crippen LogP contribution in [0.4, 0.5) is 0 Å². The van der Waals surface area contributed by atoms with Crippen LogP contribution < -0.4 is 5.73 Å². The summed E-state index contributed by atoms with van der Waals surface area (Å²) in [5, 5.41) is 0. The first-order chi connectivity index (χ1) is 5.86. The molecule has 0 amide bonds. The van der Waals surface area contributed by atoms with E-state index in [4.69, 9.17) is 5.73 Å². The summed E-state index contributed by atoms with van der Waals surface area (Å²) >= 11 is 0. The molecule has 0 unspecified atom stereocenters. The van der Waals surface area contributed by atoms with Gasteiger partial charge in [-0.2, -0.15) is 0 Å². The Morgan fingerprint density at radius 2 is 2.00 bits per heavy atom. The maximum Gasteiger partial charge on any atom is -0.00161 e. The lowest BCUT2D eigenvalue weighted by atomic mass is 9.93. The number of nitrogens with two attached hydrogens (primary N) is 1. The van der Waals surface area contributed by atoms with Crippen LogP contribution in [-0.2, 0) is 0 Å². The molecule has 2 N–H and O–H groups in total. The Hall–Kier alpha value is -0.0800. The molecule has 72 valence electrons. The van der Waals surface area contributed by atoms with Crippen molar-refractivity contribution in [2.45, 2.75) is 32.6 Å². The van der Waals surface area contributed by atoms with Gasteiger partial charge in [0.15, 0.2) is 0 Å². The summed E-state index contributed by atoms with van der Waals surface area (Å²) in [6, 6.07) is 0. The summed E-state index contributed by atoms with van der Waals surface area (Å²) in [5.41, 5.74) is 5.54. The summed E-state index contributed by atoms with van der Waals surface area (Å²) in [7, 11) is 0. The molecular weight excluding hydrogens is 148 g/mol. The van der Waals surface area contributed by atoms with E-state index in [1.54, 1.807) is 0 Å². The van der Waals surface area contributed by atoms with Crippen molar-refractivity contribution in [3.05, 3.63) is 0 Å². The quantitative estimate of drug-likeness (QED) is 0.692. The van der Waals surface area contributed by atoms with Gasteiger partial charge in [-0.25, -0.2) is 0 Å². The molecule has 1 saturated heterocycles. The number of rotatable bonds is 4. The first kappa shape index (κ1) is 10.0. The number of nitrogens with zero attached hydrogens (tertiary/aromatic N) is 1. The van der Waals surface area contributed by atoms with Crippen LogP contribution in [0.2, 0.25) is 0 Å². The van der Waals surface area contributed by atoms with Gasteiger partial charge < -0.3 is 10.6 Å². The van der Waals surface area contributed by atoms with E-state index >= 15 is 0 Å². The topological polar surface area (TPSA) is 29.3 Å². The Morgan fingerprint density at radius 1 is 1.33 bits per heavy atom. The lowest BCUT2D eigenvalue weighted by Crippen LogP contribution is -2.34. The van der Waals surface area contributed by atoms with Crippen molar-refractivity contribution >= 4 is 0 Å². The molecule has 1 heterocycles. The van der Waals surface area contributed by atoms with Gasteiger partial charge in [0.1, 0.15) is 0 Å². The van der Waals surface area contributed by atoms with Crippen molar-refractivity contribution in [1.29, 1.82) is 0 Å². The molecule has 2 nitrogen and oxygen atoms in total. The summed E-state index contributed by atoms with van der Waals surface area (Å²) in [5.74, 6) is 0.920. The van der Waals surface area contributed by atoms with Crippen molar-refractivity contribution in [3.8, 4) is 0 Å². The fourth-order valence-electron chi connectivity index (χ4n) is 2.05. The molecule has 0 aromatic rings. The zero-order chi connectivity index (χ0) is 8.81. The van der Waals surface area contributed by atoms with Crippen LogP contribution >= 0.6 is 0 Å². The predicted octanol–water partition coefficient (Wildman–Crippen LogP) is 1.46. The Kier molecular flexibility index (Phi) is 4.62. The van der Waals surface area contributed by atoms with E-state index in [-0.39, 0.29) is 0 Å². The van der Waals surface area contributed by atoms with Crippen molar-refractivity contribution in [1.82, 2.24) is 4.90 Å². The van der Waals surface area contributed by atoms with Crippen molar-refractivity contribution in [2.24, 2.45) is 11.7 Å². The predicted molar refractivity (Wildman–Crippen MR) is 53.1 cm³/mol. The van der Waals surface area contributed by atoms with Gasteiger partial charge in [0.25, 0.3) is 0 Å². The van der Waals surface area contributed by atoms with Crippen LogP contribution in [0.15, 0.2) is 0 Å². The highest BCUT2D eigenvalue weighted by molar-refractivity contribution is 4.71. The van der Waals surface area contributed by atoms with E-state index in [1.807, 2.05) is 0 Å². The third-order valence-electron chi connectivity index (χ3n) is 2.82. The van der Waals surface area contributed by atoms with Crippen LogP contribution in [0.25, 0.3) is 0 Å². The minimum absolute atomic E-state index is 0.873. The minimum atomic E-state index is 0.873. The number of piperidine rings is 1. The normalized spacial score (nSPS) is 21.5. The fraction of sp³-hybridized carbons (Fsp3) is 1.00. The lowest BCUT2D eigenvalue weighted by molar-refractivity contribution is 0.180. The highest BCUT2D eigenvalue weighted by Crippen LogP contribution is 2.19. The first-order valence-electron chi connectivity index (χ1n) is 5.29. The van der Waals surface area contributed by atoms with Crippen LogP contribution in [-0.4, -0.2) is 31.1 Å². The minimum Gasteiger partial charge on any atom is -0.330 e. The maximum atomic E-state index is 5.54. The molecule has 1 rings (SSSR count). The molecule has 0 bridgehead atoms. The summed E-state index contributed by atoms with van der Waals surface area (Å²) in [4.78, 5) is 2.58. The first-order valence-corrected chi connectivity index (χ1v) is 5.29. The molecule has 1 aliphatic heterocycles. The van der Waals surface area contributed by atoms with Gasteiger partial charge in [-0.1, -0.05) is 6.92 Å². The van der Waals surface area contributed by atoms with Crippen LogP contribution in [0.1, 0.15) is 32.6 Å². The Balaban J connectivity index is 2.11. The molecule has 0 aromatic heterocycles. The number of likely N-dealkylation sites (tertiary alicyclic amines) is 1. The lowest BCUT2D eigenvalue weighted by Gasteiger charge is -2.31. The average Bonchev–Trinajstić information content (AvgIpc) is 2.09. The van der Waals surface area contributed by atoms with E-state index in [9.17, 15) is 0 Å². The maximum absolute atomic E-state index is 5.54. The Morgan fingerprint density at radius 3 is 2.50 bits per heavy atom. The summed E-state index contributed by atoms with van der Waals surface area (Å²) in [6.07, 6.45) is 5.27. The van der Waals surface area contributed by atoms with Crippen molar-refractivity contribution in [2.75, 3.05) is 26.2 Å². The molecule has 1 aliphatic rings. The van der Waals surface area contributed by atoms with Crippen molar-refractivity contribution < 1.29 is 0 Å². The van der Waals surface area contributed by atoms with E-state index in [0.29, 0.717) is 0 Å². The molecule has 12 heavy (non-hydrogen) atoms. The van der Waals surface area contributed by atoms with Crippen LogP contribution in [0.3, 0.4) is 0 Å². The van der Waals surface area contributed by atoms with Gasteiger partial charge in [0, 0.05) is 0 Å². The number of hydrogen-bond donors (Lipinski definition) is 1. The van der Waals surface area contributed by atoms with Crippen molar-refractivity contribution in [3.63, 3.8) is 0 Å². The third-order valence-corrected chi connectivity index (χ3v) is 2.82. The SMILES string of the molecule is CCCN1CCC(CCN)CC1. The molecule has 0 aromatic carbocycles. The smallest absolute Gasteiger partial charge is 0.00161 e. The molecule has 0 atom stereocenters. The van der Waals surface area contributed by atoms with Crippen LogP contribution in [0, 0.1) is 5.92 Å². The van der Waals surface area contributed by atoms with E-state index in [2.05, 4.69) is 11.8 Å². The second-order valence-electron chi connectivity index (χ2n) is 3.86. The third kappa shape index (κ3) is 3.11. The molecule has 0 radical (unpaired) electrons. The van der Waals surface area contributed by atoms with Crippen LogP contribution in [0.5, 0.6) is 0 Å². The number of hydrogen-bond acceptors (Lipinski definition) is 2. The fourth-order valence-corrected chi connectivity index (χ4v) is 2.05. The zero-order valence-corrected chi connectivity index (χ0v) is 8.26. The molecular formula is C10H22N2. The van der Waals surface area contributed by atoms with Gasteiger partial charge >= 0.3 is 0 Å². The standard InChI is InChI=1S/C10H22N2/c1-2-7-12-8-4-10(3-6-11)5-9-12/h10H,2-9,11H2,1H3. The van der Waals surface area contributed by atoms with Gasteiger partial charge in [0.05, 0.1) is 0 Å². The summed E-state index contributed by atoms with van der Waals surface area (Å²) < 4.78 is 0. The Bertz CT molecular complexity index is 92.4. The van der Waals surface area contributed by atoms with Gasteiger partial charge in [0.2, 0.25) is 0 Å². The second kappa shape index (κ2) is 5.55.